The van der Waals surface area contributed by atoms with Crippen molar-refractivity contribution in [1.82, 2.24) is 0 Å². The Kier molecular flexibility index (Phi) is 2.33. The van der Waals surface area contributed by atoms with Gasteiger partial charge in [-0.1, -0.05) is 31.4 Å². The van der Waals surface area contributed by atoms with E-state index < -0.39 is 15.1 Å². The largest absolute Gasteiger partial charge is 0.310 e. The molecule has 13 heavy (non-hydrogen) atoms. The molecule has 0 aromatic carbocycles. The number of halogens is 5. The third kappa shape index (κ3) is 3.99. The molecule has 0 amide bonds. The fourth-order valence-electron chi connectivity index (χ4n) is 0.578. The van der Waals surface area contributed by atoms with Gasteiger partial charge in [0.2, 0.25) is 0 Å². The van der Waals surface area contributed by atoms with Gasteiger partial charge in [-0.05, 0) is 19.1 Å². The summed E-state index contributed by atoms with van der Waals surface area (Å²) in [4.78, 5) is -1.97. The molecule has 0 fully saturated rings. The summed E-state index contributed by atoms with van der Waals surface area (Å²) < 4.78 is 60.1. The molecule has 0 aromatic rings. The van der Waals surface area contributed by atoms with E-state index in [4.69, 9.17) is 0 Å². The maximum Gasteiger partial charge on any atom is 0.310 e. The monoisotopic (exact) mass is 218 g/mol. The van der Waals surface area contributed by atoms with Crippen molar-refractivity contribution in [3.8, 4) is 12.3 Å². The molecule has 0 nitrogen and oxygen atoms in total. The van der Waals surface area contributed by atoms with Gasteiger partial charge >= 0.3 is 10.2 Å². The van der Waals surface area contributed by atoms with Crippen LogP contribution < -0.4 is 0 Å². The van der Waals surface area contributed by atoms with Gasteiger partial charge in [-0.3, -0.25) is 0 Å². The smallest absolute Gasteiger partial charge is 0.115 e. The quantitative estimate of drug-likeness (QED) is 0.366. The van der Waals surface area contributed by atoms with Crippen molar-refractivity contribution in [2.75, 3.05) is 0 Å². The molecular formula is C7H7F5S. The molecule has 0 heterocycles. The number of hydrogen-bond donors (Lipinski definition) is 0. The van der Waals surface area contributed by atoms with Gasteiger partial charge in [-0.25, -0.2) is 0 Å². The van der Waals surface area contributed by atoms with E-state index in [0.29, 0.717) is 6.08 Å². The zero-order chi connectivity index (χ0) is 10.8. The lowest BCUT2D eigenvalue weighted by Crippen LogP contribution is -2.06. The molecule has 0 bridgehead atoms. The van der Waals surface area contributed by atoms with Crippen LogP contribution in [0.2, 0.25) is 0 Å². The van der Waals surface area contributed by atoms with Gasteiger partial charge in [0.05, 0.1) is 0 Å². The first-order chi connectivity index (χ1) is 5.51. The van der Waals surface area contributed by atoms with E-state index in [-0.39, 0.29) is 12.2 Å². The van der Waals surface area contributed by atoms with Gasteiger partial charge < -0.3 is 0 Å². The van der Waals surface area contributed by atoms with Gasteiger partial charge in [0, 0.05) is 0 Å². The predicted octanol–water partition coefficient (Wildman–Crippen LogP) is 4.38. The highest BCUT2D eigenvalue weighted by Crippen LogP contribution is 3.02. The zero-order valence-corrected chi connectivity index (χ0v) is 7.42. The second-order valence-corrected chi connectivity index (χ2v) is 4.57. The van der Waals surface area contributed by atoms with E-state index in [0.717, 1.165) is 6.92 Å². The van der Waals surface area contributed by atoms with Crippen molar-refractivity contribution >= 4 is 10.2 Å². The van der Waals surface area contributed by atoms with Crippen LogP contribution in [0.1, 0.15) is 6.92 Å². The lowest BCUT2D eigenvalue weighted by atomic mass is 10.4. The Morgan fingerprint density at radius 3 is 1.92 bits per heavy atom. The maximum absolute atomic E-state index is 12.0. The third-order valence-electron chi connectivity index (χ3n) is 1.07. The minimum Gasteiger partial charge on any atom is -0.115 e. The first-order valence-electron chi connectivity index (χ1n) is 3.04. The number of allylic oxidation sites excluding steroid dienone is 3. The summed E-state index contributed by atoms with van der Waals surface area (Å²) in [6.07, 6.45) is 5.64. The van der Waals surface area contributed by atoms with E-state index in [9.17, 15) is 19.4 Å². The summed E-state index contributed by atoms with van der Waals surface area (Å²) in [7, 11) is -9.54. The summed E-state index contributed by atoms with van der Waals surface area (Å²) in [5.41, 5.74) is 0. The number of hydrogen-bond acceptors (Lipinski definition) is 0. The van der Waals surface area contributed by atoms with Crippen LogP contribution >= 0.6 is 10.2 Å². The van der Waals surface area contributed by atoms with Crippen molar-refractivity contribution in [2.24, 2.45) is 0 Å². The van der Waals surface area contributed by atoms with Crippen molar-refractivity contribution in [3.63, 3.8) is 0 Å². The molecule has 76 valence electrons. The lowest BCUT2D eigenvalue weighted by Gasteiger charge is -2.41. The minimum atomic E-state index is -9.54. The highest BCUT2D eigenvalue weighted by molar-refractivity contribution is 8.48. The zero-order valence-electron chi connectivity index (χ0n) is 6.61. The van der Waals surface area contributed by atoms with E-state index in [1.54, 1.807) is 5.92 Å². The van der Waals surface area contributed by atoms with Crippen LogP contribution in [-0.4, -0.2) is 0 Å². The summed E-state index contributed by atoms with van der Waals surface area (Å²) in [5, 5.41) is 0. The van der Waals surface area contributed by atoms with Crippen LogP contribution in [0.25, 0.3) is 0 Å². The van der Waals surface area contributed by atoms with Crippen molar-refractivity contribution in [3.05, 3.63) is 23.1 Å². The van der Waals surface area contributed by atoms with Crippen LogP contribution in [0.4, 0.5) is 19.4 Å². The molecule has 0 saturated carbocycles. The first kappa shape index (κ1) is 12.0. The predicted molar refractivity (Wildman–Crippen MR) is 44.9 cm³/mol. The molecule has 0 saturated heterocycles. The Labute approximate surface area is 72.8 Å². The van der Waals surface area contributed by atoms with Crippen LogP contribution in [0.5, 0.6) is 0 Å². The van der Waals surface area contributed by atoms with E-state index in [1.165, 1.54) is 0 Å². The molecule has 0 aromatic heterocycles. The molecule has 6 heteroatoms. The van der Waals surface area contributed by atoms with E-state index >= 15 is 0 Å². The Hall–Kier alpha value is -0.960. The topological polar surface area (TPSA) is 0 Å². The fraction of sp³-hybridized carbons (Fsp3) is 0.143. The van der Waals surface area contributed by atoms with Crippen molar-refractivity contribution in [2.45, 2.75) is 6.92 Å². The van der Waals surface area contributed by atoms with E-state index in [1.807, 2.05) is 0 Å². The van der Waals surface area contributed by atoms with Gasteiger partial charge in [-0.2, -0.15) is 0 Å². The van der Waals surface area contributed by atoms with Gasteiger partial charge in [0.15, 0.2) is 0 Å². The van der Waals surface area contributed by atoms with Crippen molar-refractivity contribution < 1.29 is 19.4 Å². The Morgan fingerprint density at radius 1 is 1.23 bits per heavy atom. The van der Waals surface area contributed by atoms with Crippen LogP contribution in [0.15, 0.2) is 23.1 Å². The molecule has 0 aliphatic carbocycles. The molecule has 0 unspecified atom stereocenters. The second-order valence-electron chi connectivity index (χ2n) is 2.16. The second kappa shape index (κ2) is 2.51. The minimum absolute atomic E-state index is 0.182. The average molecular weight is 218 g/mol. The van der Waals surface area contributed by atoms with Gasteiger partial charge in [-0.15, -0.1) is 6.42 Å². The number of rotatable bonds is 2. The Morgan fingerprint density at radius 2 is 1.69 bits per heavy atom. The van der Waals surface area contributed by atoms with Crippen LogP contribution in [0.3, 0.4) is 0 Å². The van der Waals surface area contributed by atoms with Gasteiger partial charge in [0.1, 0.15) is 4.91 Å². The maximum atomic E-state index is 12.0. The molecule has 0 aliphatic rings. The highest BCUT2D eigenvalue weighted by Gasteiger charge is 2.65. The van der Waals surface area contributed by atoms with Crippen molar-refractivity contribution in [1.29, 1.82) is 0 Å². The third-order valence-corrected chi connectivity index (χ3v) is 2.34. The molecule has 0 rings (SSSR count). The summed E-state index contributed by atoms with van der Waals surface area (Å²) in [5.74, 6) is 1.70. The van der Waals surface area contributed by atoms with E-state index in [2.05, 4.69) is 6.42 Å². The lowest BCUT2D eigenvalue weighted by molar-refractivity contribution is 0.380. The fourth-order valence-corrected chi connectivity index (χ4v) is 1.35. The Bertz CT molecular complexity index is 298. The highest BCUT2D eigenvalue weighted by atomic mass is 32.5. The SMILES string of the molecule is C#C/C=C\C(=C/C)S(F)(F)(F)(F)F. The first-order valence-corrected chi connectivity index (χ1v) is 4.99. The molecule has 0 atom stereocenters. The van der Waals surface area contributed by atoms with Gasteiger partial charge in [0.25, 0.3) is 0 Å². The molecule has 0 spiro atoms. The summed E-state index contributed by atoms with van der Waals surface area (Å²) >= 11 is 0. The molecule has 0 radical (unpaired) electrons. The summed E-state index contributed by atoms with van der Waals surface area (Å²) in [6, 6.07) is 0. The molecular weight excluding hydrogens is 211 g/mol. The van der Waals surface area contributed by atoms with Crippen LogP contribution in [0, 0.1) is 12.3 Å². The molecule has 0 N–H and O–H groups in total. The van der Waals surface area contributed by atoms with Crippen LogP contribution in [-0.2, 0) is 0 Å². The number of terminal acetylenes is 1. The average Bonchev–Trinajstić information content (AvgIpc) is 1.83. The Balaban J connectivity index is 5.33. The standard InChI is InChI=1S/C7H7F5S/c1-3-5-6-7(4-2)13(8,9,10,11)12/h1,4-6H,2H3/b6-5-,7-4+. The normalized spacial score (nSPS) is 19.3. The molecule has 0 aliphatic heterocycles. The summed E-state index contributed by atoms with van der Waals surface area (Å²) in [6.45, 7) is 0.869.